The maximum absolute atomic E-state index is 4.49. The van der Waals surface area contributed by atoms with Crippen LogP contribution in [0.4, 0.5) is 0 Å². The van der Waals surface area contributed by atoms with E-state index in [4.69, 9.17) is 0 Å². The van der Waals surface area contributed by atoms with Gasteiger partial charge < -0.3 is 0 Å². The van der Waals surface area contributed by atoms with Gasteiger partial charge in [0.1, 0.15) is 0 Å². The van der Waals surface area contributed by atoms with Crippen molar-refractivity contribution < 1.29 is 0 Å². The summed E-state index contributed by atoms with van der Waals surface area (Å²) < 4.78 is 0. The van der Waals surface area contributed by atoms with Crippen molar-refractivity contribution in [3.05, 3.63) is 6.42 Å². The van der Waals surface area contributed by atoms with E-state index in [0.29, 0.717) is 5.92 Å². The molecule has 0 spiro atoms. The number of hydrogen-bond acceptors (Lipinski definition) is 4. The Morgan fingerprint density at radius 2 is 2.07 bits per heavy atom. The predicted octanol–water partition coefficient (Wildman–Crippen LogP) is 2.51. The van der Waals surface area contributed by atoms with Crippen molar-refractivity contribution in [2.45, 2.75) is 13.3 Å². The molecule has 2 aliphatic heterocycles. The zero-order chi connectivity index (χ0) is 9.80. The molecule has 0 fully saturated rings. The summed E-state index contributed by atoms with van der Waals surface area (Å²) in [6.07, 6.45) is 3.36. The van der Waals surface area contributed by atoms with Crippen LogP contribution < -0.4 is 0 Å². The van der Waals surface area contributed by atoms with Crippen molar-refractivity contribution in [1.82, 2.24) is 0 Å². The van der Waals surface area contributed by atoms with Crippen molar-refractivity contribution in [3.8, 4) is 0 Å². The van der Waals surface area contributed by atoms with E-state index in [2.05, 4.69) is 23.3 Å². The van der Waals surface area contributed by atoms with Gasteiger partial charge in [-0.05, 0) is 6.42 Å². The van der Waals surface area contributed by atoms with Crippen LogP contribution in [-0.4, -0.2) is 34.7 Å². The second kappa shape index (κ2) is 5.21. The fraction of sp³-hybridized carbons (Fsp3) is 0.700. The van der Waals surface area contributed by atoms with Crippen LogP contribution in [0.15, 0.2) is 9.98 Å². The number of aliphatic imine (C=N–C) groups is 2. The van der Waals surface area contributed by atoms with Gasteiger partial charge in [-0.2, -0.15) is 0 Å². The summed E-state index contributed by atoms with van der Waals surface area (Å²) >= 11 is 3.79. The summed E-state index contributed by atoms with van der Waals surface area (Å²) in [7, 11) is 0. The Labute approximate surface area is 94.0 Å². The van der Waals surface area contributed by atoms with E-state index < -0.39 is 0 Å². The minimum atomic E-state index is 0.589. The predicted molar refractivity (Wildman–Crippen MR) is 67.6 cm³/mol. The number of thioether (sulfide) groups is 2. The molecule has 0 aromatic rings. The summed E-state index contributed by atoms with van der Waals surface area (Å²) in [6.45, 7) is 4.27. The van der Waals surface area contributed by atoms with Crippen molar-refractivity contribution in [2.75, 3.05) is 24.6 Å². The molecule has 4 heteroatoms. The number of hydrogen-bond donors (Lipinski definition) is 0. The molecule has 0 bridgehead atoms. The smallest absolute Gasteiger partial charge is 0.0715 e. The van der Waals surface area contributed by atoms with Crippen molar-refractivity contribution in [3.63, 3.8) is 0 Å². The van der Waals surface area contributed by atoms with Gasteiger partial charge in [0.05, 0.1) is 10.1 Å². The lowest BCUT2D eigenvalue weighted by molar-refractivity contribution is 0.784. The van der Waals surface area contributed by atoms with Crippen LogP contribution in [0.2, 0.25) is 0 Å². The van der Waals surface area contributed by atoms with Gasteiger partial charge in [0, 0.05) is 36.9 Å². The maximum atomic E-state index is 4.49. The summed E-state index contributed by atoms with van der Waals surface area (Å²) in [4.78, 5) is 8.91. The van der Waals surface area contributed by atoms with Crippen LogP contribution in [0.25, 0.3) is 0 Å². The normalized spacial score (nSPS) is 23.5. The van der Waals surface area contributed by atoms with Crippen LogP contribution in [-0.2, 0) is 0 Å². The zero-order valence-corrected chi connectivity index (χ0v) is 10.0. The van der Waals surface area contributed by atoms with E-state index >= 15 is 0 Å². The molecular formula is C10H15N2S2. The Hall–Kier alpha value is 0.0400. The maximum Gasteiger partial charge on any atom is 0.0715 e. The van der Waals surface area contributed by atoms with E-state index in [-0.39, 0.29) is 0 Å². The molecule has 1 radical (unpaired) electrons. The molecule has 2 nitrogen and oxygen atoms in total. The van der Waals surface area contributed by atoms with Gasteiger partial charge in [-0.1, -0.05) is 6.92 Å². The Balaban J connectivity index is 1.74. The van der Waals surface area contributed by atoms with Gasteiger partial charge >= 0.3 is 0 Å². The van der Waals surface area contributed by atoms with Crippen LogP contribution in [0.3, 0.4) is 0 Å². The Bertz CT molecular complexity index is 261. The van der Waals surface area contributed by atoms with Gasteiger partial charge in [-0.25, -0.2) is 0 Å². The molecule has 1 atom stereocenters. The molecule has 0 N–H and O–H groups in total. The molecule has 0 aliphatic carbocycles. The SMILES string of the molecule is CC(C[CH]C1=NCCS1)C1=NCCS1. The first-order valence-electron chi connectivity index (χ1n) is 5.04. The fourth-order valence-corrected chi connectivity index (χ4v) is 3.25. The molecule has 2 rings (SSSR count). The second-order valence-corrected chi connectivity index (χ2v) is 5.71. The van der Waals surface area contributed by atoms with Crippen LogP contribution in [0, 0.1) is 12.3 Å². The molecule has 0 amide bonds. The highest BCUT2D eigenvalue weighted by atomic mass is 32.2. The molecule has 77 valence electrons. The molecule has 2 aliphatic rings. The molecule has 14 heavy (non-hydrogen) atoms. The minimum absolute atomic E-state index is 0.589. The topological polar surface area (TPSA) is 24.7 Å². The lowest BCUT2D eigenvalue weighted by Gasteiger charge is -2.09. The highest BCUT2D eigenvalue weighted by Crippen LogP contribution is 2.24. The highest BCUT2D eigenvalue weighted by Gasteiger charge is 2.16. The van der Waals surface area contributed by atoms with E-state index in [1.54, 1.807) is 0 Å². The van der Waals surface area contributed by atoms with Gasteiger partial charge in [0.15, 0.2) is 0 Å². The van der Waals surface area contributed by atoms with Gasteiger partial charge in [0.2, 0.25) is 0 Å². The molecule has 0 saturated carbocycles. The number of nitrogens with zero attached hydrogens (tertiary/aromatic N) is 2. The van der Waals surface area contributed by atoms with Gasteiger partial charge in [-0.3, -0.25) is 9.98 Å². The summed E-state index contributed by atoms with van der Waals surface area (Å²) in [5.41, 5.74) is 0. The van der Waals surface area contributed by atoms with Crippen molar-refractivity contribution in [2.24, 2.45) is 15.9 Å². The lowest BCUT2D eigenvalue weighted by atomic mass is 10.1. The monoisotopic (exact) mass is 227 g/mol. The standard InChI is InChI=1S/C10H15N2S2/c1-8(10-12-5-7-14-10)2-3-9-11-4-6-13-9/h3,8H,2,4-7H2,1H3. The van der Waals surface area contributed by atoms with Crippen LogP contribution >= 0.6 is 23.5 Å². The van der Waals surface area contributed by atoms with Crippen molar-refractivity contribution >= 4 is 33.6 Å². The first-order chi connectivity index (χ1) is 6.86. The number of rotatable bonds is 4. The third-order valence-electron chi connectivity index (χ3n) is 2.29. The first kappa shape index (κ1) is 10.6. The van der Waals surface area contributed by atoms with E-state index in [1.165, 1.54) is 15.8 Å². The molecule has 1 unspecified atom stereocenters. The minimum Gasteiger partial charge on any atom is -0.282 e. The van der Waals surface area contributed by atoms with Gasteiger partial charge in [-0.15, -0.1) is 23.5 Å². The lowest BCUT2D eigenvalue weighted by Crippen LogP contribution is -2.07. The largest absolute Gasteiger partial charge is 0.282 e. The Kier molecular flexibility index (Phi) is 3.93. The Morgan fingerprint density at radius 3 is 2.71 bits per heavy atom. The first-order valence-corrected chi connectivity index (χ1v) is 7.01. The molecule has 0 aromatic heterocycles. The summed E-state index contributed by atoms with van der Waals surface area (Å²) in [5.74, 6) is 2.93. The van der Waals surface area contributed by atoms with E-state index in [9.17, 15) is 0 Å². The van der Waals surface area contributed by atoms with Crippen LogP contribution in [0.5, 0.6) is 0 Å². The highest BCUT2D eigenvalue weighted by molar-refractivity contribution is 8.14. The third-order valence-corrected chi connectivity index (χ3v) is 4.48. The average molecular weight is 227 g/mol. The van der Waals surface area contributed by atoms with E-state index in [1.807, 2.05) is 23.5 Å². The zero-order valence-electron chi connectivity index (χ0n) is 8.40. The van der Waals surface area contributed by atoms with Crippen LogP contribution in [0.1, 0.15) is 13.3 Å². The molecule has 0 saturated heterocycles. The quantitative estimate of drug-likeness (QED) is 0.737. The third kappa shape index (κ3) is 2.76. The average Bonchev–Trinajstić information content (AvgIpc) is 2.87. The summed E-state index contributed by atoms with van der Waals surface area (Å²) in [5, 5.41) is 2.57. The van der Waals surface area contributed by atoms with Crippen molar-refractivity contribution in [1.29, 1.82) is 0 Å². The second-order valence-electron chi connectivity index (χ2n) is 3.48. The van der Waals surface area contributed by atoms with E-state index in [0.717, 1.165) is 25.3 Å². The molecular weight excluding hydrogens is 212 g/mol. The fourth-order valence-electron chi connectivity index (χ4n) is 1.50. The molecule has 2 heterocycles. The summed E-state index contributed by atoms with van der Waals surface area (Å²) in [6, 6.07) is 0. The Morgan fingerprint density at radius 1 is 1.29 bits per heavy atom. The van der Waals surface area contributed by atoms with Gasteiger partial charge in [0.25, 0.3) is 0 Å². The molecule has 0 aromatic carbocycles.